The van der Waals surface area contributed by atoms with Crippen LogP contribution in [0.4, 0.5) is 5.69 Å². The molecule has 0 saturated heterocycles. The van der Waals surface area contributed by atoms with Crippen molar-refractivity contribution in [2.45, 2.75) is 79.8 Å². The Kier molecular flexibility index (Phi) is 8.50. The van der Waals surface area contributed by atoms with Gasteiger partial charge in [0.05, 0.1) is 15.1 Å². The first-order valence-electron chi connectivity index (χ1n) is 14.9. The zero-order valence-electron chi connectivity index (χ0n) is 25.7. The summed E-state index contributed by atoms with van der Waals surface area (Å²) in [6.07, 6.45) is 2.42. The molecule has 2 aliphatic carbocycles. The van der Waals surface area contributed by atoms with E-state index in [2.05, 4.69) is 62.1 Å². The maximum absolute atomic E-state index is 14.0. The van der Waals surface area contributed by atoms with Crippen molar-refractivity contribution in [3.05, 3.63) is 83.7 Å². The van der Waals surface area contributed by atoms with Crippen LogP contribution in [0.25, 0.3) is 0 Å². The third-order valence-corrected chi connectivity index (χ3v) is 9.33. The summed E-state index contributed by atoms with van der Waals surface area (Å²) in [6, 6.07) is 10.2. The minimum absolute atomic E-state index is 0.0236. The van der Waals surface area contributed by atoms with Crippen molar-refractivity contribution in [1.82, 2.24) is 4.90 Å². The monoisotopic (exact) mass is 698 g/mol. The summed E-state index contributed by atoms with van der Waals surface area (Å²) in [5, 5.41) is 11.0. The Bertz CT molecular complexity index is 1500. The van der Waals surface area contributed by atoms with Gasteiger partial charge in [-0.05, 0) is 95.5 Å². The van der Waals surface area contributed by atoms with E-state index < -0.39 is 10.8 Å². The van der Waals surface area contributed by atoms with Gasteiger partial charge in [-0.15, -0.1) is 0 Å². The Morgan fingerprint density at radius 3 is 1.95 bits per heavy atom. The van der Waals surface area contributed by atoms with E-state index in [4.69, 9.17) is 9.47 Å². The van der Waals surface area contributed by atoms with Crippen molar-refractivity contribution in [3.8, 4) is 11.5 Å². The number of nitro groups is 1. The van der Waals surface area contributed by atoms with Gasteiger partial charge in [0.1, 0.15) is 6.61 Å². The van der Waals surface area contributed by atoms with Gasteiger partial charge in [-0.25, -0.2) is 0 Å². The second kappa shape index (κ2) is 11.7. The molecule has 2 aromatic carbocycles. The SMILES string of the molecule is CCOc1cc(C2C3=C(CC(C)(C)CC3=O)N(CC)C3=C2C(=O)CC(C)(C)C3)cc(I)c1OCc1ccc([N+](=O)[O-])cc1. The quantitative estimate of drug-likeness (QED) is 0.157. The molecule has 2 aromatic rings. The van der Waals surface area contributed by atoms with Gasteiger partial charge in [-0.3, -0.25) is 19.7 Å². The van der Waals surface area contributed by atoms with Crippen molar-refractivity contribution in [2.75, 3.05) is 13.2 Å². The van der Waals surface area contributed by atoms with Crippen molar-refractivity contribution in [1.29, 1.82) is 0 Å². The molecule has 0 saturated carbocycles. The summed E-state index contributed by atoms with van der Waals surface area (Å²) < 4.78 is 13.1. The van der Waals surface area contributed by atoms with Crippen LogP contribution in [0.3, 0.4) is 0 Å². The molecule has 228 valence electrons. The number of hydrogen-bond acceptors (Lipinski definition) is 7. The Balaban J connectivity index is 1.62. The Morgan fingerprint density at radius 1 is 0.907 bits per heavy atom. The van der Waals surface area contributed by atoms with Crippen LogP contribution in [0.1, 0.15) is 84.3 Å². The Labute approximate surface area is 266 Å². The maximum Gasteiger partial charge on any atom is 0.269 e. The van der Waals surface area contributed by atoms with Crippen molar-refractivity contribution in [3.63, 3.8) is 0 Å². The third kappa shape index (κ3) is 6.10. The van der Waals surface area contributed by atoms with E-state index in [0.29, 0.717) is 37.5 Å². The molecule has 8 nitrogen and oxygen atoms in total. The van der Waals surface area contributed by atoms with Crippen molar-refractivity contribution < 1.29 is 24.0 Å². The van der Waals surface area contributed by atoms with Crippen LogP contribution < -0.4 is 9.47 Å². The normalized spacial score (nSPS) is 19.7. The van der Waals surface area contributed by atoms with Crippen molar-refractivity contribution >= 4 is 39.8 Å². The molecule has 0 bridgehead atoms. The van der Waals surface area contributed by atoms with E-state index in [1.807, 2.05) is 19.1 Å². The van der Waals surface area contributed by atoms with Gasteiger partial charge in [-0.1, -0.05) is 27.7 Å². The third-order valence-electron chi connectivity index (χ3n) is 8.53. The summed E-state index contributed by atoms with van der Waals surface area (Å²) in [7, 11) is 0. The number of non-ortho nitro benzene ring substituents is 1. The summed E-state index contributed by atoms with van der Waals surface area (Å²) in [4.78, 5) is 40.8. The number of ether oxygens (including phenoxy) is 2. The fourth-order valence-electron chi connectivity index (χ4n) is 6.79. The number of benzene rings is 2. The smallest absolute Gasteiger partial charge is 0.269 e. The first-order valence-corrected chi connectivity index (χ1v) is 16.0. The van der Waals surface area contributed by atoms with Crippen molar-refractivity contribution in [2.24, 2.45) is 10.8 Å². The minimum Gasteiger partial charge on any atom is -0.490 e. The highest BCUT2D eigenvalue weighted by atomic mass is 127. The second-order valence-corrected chi connectivity index (χ2v) is 14.4. The number of hydrogen-bond donors (Lipinski definition) is 0. The number of carbonyl (C=O) groups is 2. The highest BCUT2D eigenvalue weighted by Crippen LogP contribution is 2.55. The van der Waals surface area contributed by atoms with Gasteiger partial charge in [0.25, 0.3) is 5.69 Å². The van der Waals surface area contributed by atoms with Gasteiger partial charge in [0, 0.05) is 60.0 Å². The molecule has 0 atom stereocenters. The van der Waals surface area contributed by atoms with E-state index in [0.717, 1.165) is 50.1 Å². The number of halogens is 1. The second-order valence-electron chi connectivity index (χ2n) is 13.3. The highest BCUT2D eigenvalue weighted by molar-refractivity contribution is 14.1. The van der Waals surface area contributed by atoms with Crippen LogP contribution in [0.2, 0.25) is 0 Å². The molecule has 0 radical (unpaired) electrons. The topological polar surface area (TPSA) is 99.0 Å². The van der Waals surface area contributed by atoms with E-state index in [1.54, 1.807) is 12.1 Å². The molecule has 0 fully saturated rings. The Hall–Kier alpha value is -3.21. The molecule has 5 rings (SSSR count). The summed E-state index contributed by atoms with van der Waals surface area (Å²) in [6.45, 7) is 13.9. The molecule has 43 heavy (non-hydrogen) atoms. The molecular weight excluding hydrogens is 659 g/mol. The number of carbonyl (C=O) groups excluding carboxylic acids is 2. The number of allylic oxidation sites excluding steroid dienone is 4. The predicted octanol–water partition coefficient (Wildman–Crippen LogP) is 7.88. The molecule has 1 heterocycles. The molecule has 3 aliphatic rings. The van der Waals surface area contributed by atoms with E-state index in [-0.39, 0.29) is 34.7 Å². The molecule has 1 aliphatic heterocycles. The maximum atomic E-state index is 14.0. The highest BCUT2D eigenvalue weighted by Gasteiger charge is 2.48. The average Bonchev–Trinajstić information content (AvgIpc) is 2.90. The molecule has 0 N–H and O–H groups in total. The predicted molar refractivity (Wildman–Crippen MR) is 173 cm³/mol. The Morgan fingerprint density at radius 2 is 1.47 bits per heavy atom. The van der Waals surface area contributed by atoms with Crippen LogP contribution >= 0.6 is 22.6 Å². The molecular formula is C34H39IN2O6. The number of ketones is 2. The van der Waals surface area contributed by atoms with Crippen LogP contribution in [0, 0.1) is 24.5 Å². The van der Waals surface area contributed by atoms with Gasteiger partial charge in [0.2, 0.25) is 0 Å². The van der Waals surface area contributed by atoms with E-state index in [9.17, 15) is 19.7 Å². The molecule has 0 spiro atoms. The molecule has 0 unspecified atom stereocenters. The first kappa shape index (κ1) is 31.2. The van der Waals surface area contributed by atoms with Gasteiger partial charge in [0.15, 0.2) is 23.1 Å². The fourth-order valence-corrected chi connectivity index (χ4v) is 7.57. The lowest BCUT2D eigenvalue weighted by Crippen LogP contribution is -2.44. The van der Waals surface area contributed by atoms with Gasteiger partial charge in [-0.2, -0.15) is 0 Å². The van der Waals surface area contributed by atoms with Crippen LogP contribution in [0.15, 0.2) is 58.9 Å². The molecule has 0 amide bonds. The summed E-state index contributed by atoms with van der Waals surface area (Å²) in [5.74, 6) is 0.846. The number of rotatable bonds is 8. The zero-order valence-corrected chi connectivity index (χ0v) is 27.9. The van der Waals surface area contributed by atoms with Gasteiger partial charge >= 0.3 is 0 Å². The van der Waals surface area contributed by atoms with Crippen LogP contribution in [-0.4, -0.2) is 34.5 Å². The zero-order chi connectivity index (χ0) is 31.3. The standard InChI is InChI=1S/C34H39IN2O6/c1-7-36-24-15-33(3,4)17-26(38)30(24)29(31-25(36)16-34(5,6)18-27(31)39)21-13-23(35)32(28(14-21)42-8-2)43-19-20-9-11-22(12-10-20)37(40)41/h9-14,29H,7-8,15-19H2,1-6H3. The lowest BCUT2D eigenvalue weighted by atomic mass is 9.63. The number of nitro benzene ring substituents is 1. The molecule has 0 aromatic heterocycles. The minimum atomic E-state index is -0.462. The largest absolute Gasteiger partial charge is 0.490 e. The summed E-state index contributed by atoms with van der Waals surface area (Å²) in [5.41, 5.74) is 4.91. The molecule has 9 heteroatoms. The summed E-state index contributed by atoms with van der Waals surface area (Å²) >= 11 is 2.23. The number of Topliss-reactive ketones (excluding diaryl/α,β-unsaturated/α-hetero) is 2. The first-order chi connectivity index (χ1) is 20.2. The average molecular weight is 699 g/mol. The van der Waals surface area contributed by atoms with E-state index in [1.165, 1.54) is 12.1 Å². The fraction of sp³-hybridized carbons (Fsp3) is 0.471. The lowest BCUT2D eigenvalue weighted by Gasteiger charge is -2.49. The lowest BCUT2D eigenvalue weighted by molar-refractivity contribution is -0.384. The van der Waals surface area contributed by atoms with Gasteiger partial charge < -0.3 is 14.4 Å². The van der Waals surface area contributed by atoms with E-state index >= 15 is 0 Å². The van der Waals surface area contributed by atoms with Crippen LogP contribution in [-0.2, 0) is 16.2 Å². The number of nitrogens with zero attached hydrogens (tertiary/aromatic N) is 2. The van der Waals surface area contributed by atoms with Crippen LogP contribution in [0.5, 0.6) is 11.5 Å².